The lowest BCUT2D eigenvalue weighted by Gasteiger charge is -2.26. The molecule has 1 aromatic heterocycles. The van der Waals surface area contributed by atoms with Gasteiger partial charge in [-0.1, -0.05) is 128 Å². The van der Waals surface area contributed by atoms with Crippen LogP contribution in [0.3, 0.4) is 0 Å². The summed E-state index contributed by atoms with van der Waals surface area (Å²) >= 11 is 4.62. The minimum Gasteiger partial charge on any atom is -0.396 e. The van der Waals surface area contributed by atoms with E-state index in [2.05, 4.69) is 180 Å². The Morgan fingerprint density at radius 3 is 1.33 bits per heavy atom. The Kier molecular flexibility index (Phi) is 10.00. The molecule has 0 aliphatic rings. The molecule has 7 nitrogen and oxygen atoms in total. The van der Waals surface area contributed by atoms with Gasteiger partial charge >= 0.3 is 0 Å². The van der Waals surface area contributed by atoms with Crippen LogP contribution in [0.25, 0.3) is 33.3 Å². The van der Waals surface area contributed by atoms with Crippen molar-refractivity contribution in [1.82, 2.24) is 15.0 Å². The number of benzene rings is 7. The molecular weight excluding hydrogens is 683 g/mol. The van der Waals surface area contributed by atoms with Gasteiger partial charge in [-0.05, 0) is 90.3 Å². The number of nitrogen functional groups attached to an aromatic ring is 1. The summed E-state index contributed by atoms with van der Waals surface area (Å²) in [5.41, 5.74) is 20.2. The van der Waals surface area contributed by atoms with E-state index >= 15 is 0 Å². The quantitative estimate of drug-likeness (QED) is 0.0861. The number of aromatic nitrogens is 3. The normalized spacial score (nSPS) is 11.1. The summed E-state index contributed by atoms with van der Waals surface area (Å²) in [4.78, 5) is 4.50. The number of anilines is 8. The second kappa shape index (κ2) is 15.6. The average molecular weight is 724 g/mol. The lowest BCUT2D eigenvalue weighted by atomic mass is 9.93. The molecule has 54 heavy (non-hydrogen) atoms. The Morgan fingerprint density at radius 1 is 0.556 bits per heavy atom. The number of aryl methyl sites for hydroxylation is 1. The summed E-state index contributed by atoms with van der Waals surface area (Å²) in [6, 6.07) is 58.7. The van der Waals surface area contributed by atoms with Crippen molar-refractivity contribution in [1.29, 1.82) is 0 Å². The van der Waals surface area contributed by atoms with Crippen molar-refractivity contribution in [2.24, 2.45) is 0 Å². The monoisotopic (exact) mass is 723 g/mol. The van der Waals surface area contributed by atoms with Crippen molar-refractivity contribution in [2.75, 3.05) is 20.3 Å². The number of unbranched alkanes of at least 4 members (excludes halogenated alkanes) is 1. The number of thiol groups is 1. The van der Waals surface area contributed by atoms with Crippen molar-refractivity contribution in [2.45, 2.75) is 26.3 Å². The lowest BCUT2D eigenvalue weighted by Crippen LogP contribution is -2.10. The van der Waals surface area contributed by atoms with Crippen molar-refractivity contribution in [3.63, 3.8) is 0 Å². The largest absolute Gasteiger partial charge is 0.396 e. The zero-order valence-electron chi connectivity index (χ0n) is 30.0. The molecule has 7 aromatic carbocycles. The molecule has 0 atom stereocenters. The summed E-state index contributed by atoms with van der Waals surface area (Å²) in [6.07, 6.45) is 1.99. The molecule has 0 saturated heterocycles. The number of rotatable bonds is 12. The molecule has 266 valence electrons. The Labute approximate surface area is 321 Å². The van der Waals surface area contributed by atoms with Crippen LogP contribution < -0.4 is 20.3 Å². The van der Waals surface area contributed by atoms with Crippen LogP contribution in [0.1, 0.15) is 19.8 Å². The zero-order chi connectivity index (χ0) is 36.9. The second-order valence-corrected chi connectivity index (χ2v) is 13.3. The van der Waals surface area contributed by atoms with Gasteiger partial charge in [0.2, 0.25) is 0 Å². The maximum atomic E-state index is 7.20. The zero-order valence-corrected chi connectivity index (χ0v) is 30.9. The minimum atomic E-state index is 0.586. The Hall–Kier alpha value is -6.51. The van der Waals surface area contributed by atoms with Gasteiger partial charge in [0.15, 0.2) is 0 Å². The van der Waals surface area contributed by atoms with Crippen LogP contribution in [0.15, 0.2) is 170 Å². The van der Waals surface area contributed by atoms with Gasteiger partial charge in [0.05, 0.1) is 16.9 Å². The molecule has 0 fully saturated rings. The maximum Gasteiger partial charge on any atom is 0.123 e. The van der Waals surface area contributed by atoms with E-state index in [1.54, 1.807) is 0 Å². The summed E-state index contributed by atoms with van der Waals surface area (Å²) in [5, 5.41) is 9.54. The minimum absolute atomic E-state index is 0.586. The molecule has 0 aliphatic heterocycles. The van der Waals surface area contributed by atoms with Crippen molar-refractivity contribution < 1.29 is 0 Å². The van der Waals surface area contributed by atoms with Gasteiger partial charge in [0, 0.05) is 51.8 Å². The number of hydrogen-bond acceptors (Lipinski definition) is 7. The van der Waals surface area contributed by atoms with Crippen LogP contribution in [-0.4, -0.2) is 15.0 Å². The van der Waals surface area contributed by atoms with E-state index in [0.717, 1.165) is 86.8 Å². The molecule has 8 aromatic rings. The van der Waals surface area contributed by atoms with Crippen LogP contribution in [0.4, 0.5) is 45.5 Å². The molecule has 3 N–H and O–H groups in total. The van der Waals surface area contributed by atoms with Gasteiger partial charge < -0.3 is 20.3 Å². The first-order chi connectivity index (χ1) is 26.7. The summed E-state index contributed by atoms with van der Waals surface area (Å²) in [7, 11) is 0. The van der Waals surface area contributed by atoms with Gasteiger partial charge in [0.1, 0.15) is 5.52 Å². The number of hydrogen-bond donors (Lipinski definition) is 3. The van der Waals surface area contributed by atoms with Crippen molar-refractivity contribution in [3.05, 3.63) is 170 Å². The van der Waals surface area contributed by atoms with Crippen LogP contribution in [-0.2, 0) is 6.54 Å². The van der Waals surface area contributed by atoms with Crippen LogP contribution in [0.2, 0.25) is 0 Å². The molecule has 1 heterocycles. The van der Waals surface area contributed by atoms with E-state index in [-0.39, 0.29) is 0 Å². The van der Waals surface area contributed by atoms with Crippen molar-refractivity contribution in [3.8, 4) is 22.3 Å². The Morgan fingerprint density at radius 2 is 0.944 bits per heavy atom. The third-order valence-corrected chi connectivity index (χ3v) is 9.94. The SMILES string of the molecule is CCCCn1nnc2c(-c3ccc(N(c4ccccc4)c4ccccc4)cc3)c(NS)c(N)c(-c3ccc(N(c4ccccc4)c4ccccc4)cc3)c21. The van der Waals surface area contributed by atoms with Crippen LogP contribution in [0, 0.1) is 0 Å². The molecule has 8 rings (SSSR count). The number of nitrogens with one attached hydrogen (secondary N) is 1. The highest BCUT2D eigenvalue weighted by atomic mass is 32.1. The van der Waals surface area contributed by atoms with Crippen LogP contribution >= 0.6 is 12.8 Å². The third-order valence-electron chi connectivity index (χ3n) is 9.72. The van der Waals surface area contributed by atoms with Crippen LogP contribution in [0.5, 0.6) is 0 Å². The molecule has 0 spiro atoms. The fraction of sp³-hybridized carbons (Fsp3) is 0.0870. The molecule has 0 aliphatic carbocycles. The Bertz CT molecular complexity index is 2370. The Balaban J connectivity index is 1.25. The topological polar surface area (TPSA) is 75.2 Å². The summed E-state index contributed by atoms with van der Waals surface area (Å²) < 4.78 is 5.16. The predicted octanol–water partition coefficient (Wildman–Crippen LogP) is 12.3. The first-order valence-electron chi connectivity index (χ1n) is 18.3. The van der Waals surface area contributed by atoms with E-state index in [4.69, 9.17) is 16.0 Å². The highest BCUT2D eigenvalue weighted by molar-refractivity contribution is 7.81. The predicted molar refractivity (Wildman–Crippen MR) is 230 cm³/mol. The molecular formula is C46H41N7S. The van der Waals surface area contributed by atoms with Gasteiger partial charge in [-0.2, -0.15) is 0 Å². The summed E-state index contributed by atoms with van der Waals surface area (Å²) in [6.45, 7) is 2.91. The van der Waals surface area contributed by atoms with E-state index in [1.807, 2.05) is 28.9 Å². The third kappa shape index (κ3) is 6.64. The maximum absolute atomic E-state index is 7.20. The molecule has 0 radical (unpaired) electrons. The highest BCUT2D eigenvalue weighted by Gasteiger charge is 2.25. The molecule has 0 amide bonds. The highest BCUT2D eigenvalue weighted by Crippen LogP contribution is 2.48. The number of nitrogens with zero attached hydrogens (tertiary/aromatic N) is 5. The van der Waals surface area contributed by atoms with Gasteiger partial charge in [-0.3, -0.25) is 0 Å². The van der Waals surface area contributed by atoms with Gasteiger partial charge in [-0.25, -0.2) is 4.68 Å². The first kappa shape index (κ1) is 34.6. The standard InChI is InChI=1S/C46H41N7S/c1-2-3-32-51-46-41(33-24-28-39(29-25-33)52(35-16-8-4-9-17-35)36-18-10-5-11-19-36)43(47)44(49-54)42(45(46)48-50-51)34-26-30-40(31-27-34)53(37-20-12-6-13-21-37)38-22-14-7-15-23-38/h4-31,49,54H,2-3,32,47H2,1H3. The molecule has 0 saturated carbocycles. The van der Waals surface area contributed by atoms with E-state index in [0.29, 0.717) is 11.4 Å². The number of nitrogens with two attached hydrogens (primary N) is 1. The van der Waals surface area contributed by atoms with Crippen molar-refractivity contribution >= 4 is 69.3 Å². The van der Waals surface area contributed by atoms with E-state index in [1.165, 1.54) is 0 Å². The fourth-order valence-corrected chi connectivity index (χ4v) is 7.38. The molecule has 0 bridgehead atoms. The van der Waals surface area contributed by atoms with Gasteiger partial charge in [0.25, 0.3) is 0 Å². The van der Waals surface area contributed by atoms with E-state index in [9.17, 15) is 0 Å². The number of fused-ring (bicyclic) bond motifs is 1. The smallest absolute Gasteiger partial charge is 0.123 e. The fourth-order valence-electron chi connectivity index (χ4n) is 7.15. The second-order valence-electron chi connectivity index (χ2n) is 13.1. The van der Waals surface area contributed by atoms with Gasteiger partial charge in [-0.15, -0.1) is 5.10 Å². The number of para-hydroxylation sites is 4. The molecule has 8 heteroatoms. The van der Waals surface area contributed by atoms with E-state index < -0.39 is 0 Å². The lowest BCUT2D eigenvalue weighted by molar-refractivity contribution is 0.568. The summed E-state index contributed by atoms with van der Waals surface area (Å²) in [5.74, 6) is 0. The first-order valence-corrected chi connectivity index (χ1v) is 18.7. The average Bonchev–Trinajstić information content (AvgIpc) is 3.65. The molecule has 0 unspecified atom stereocenters.